The maximum atomic E-state index is 13.2. The highest BCUT2D eigenvalue weighted by Crippen LogP contribution is 2.43. The highest BCUT2D eigenvalue weighted by Gasteiger charge is 2.30. The third kappa shape index (κ3) is 1.38. The van der Waals surface area contributed by atoms with Gasteiger partial charge in [-0.25, -0.2) is 4.39 Å². The van der Waals surface area contributed by atoms with Gasteiger partial charge < -0.3 is 4.74 Å². The predicted octanol–water partition coefficient (Wildman–Crippen LogP) is 3.61. The molecular weight excluding hydrogens is 203 g/mol. The van der Waals surface area contributed by atoms with Crippen molar-refractivity contribution in [2.75, 3.05) is 6.61 Å². The number of ether oxygens (including phenoxy) is 1. The Kier molecular flexibility index (Phi) is 2.40. The second-order valence-electron chi connectivity index (χ2n) is 3.93. The zero-order chi connectivity index (χ0) is 10.3. The molecule has 0 aliphatic carbocycles. The molecular formula is C11H12ClFO. The van der Waals surface area contributed by atoms with Crippen molar-refractivity contribution in [3.8, 4) is 5.75 Å². The Morgan fingerprint density at radius 2 is 2.21 bits per heavy atom. The SMILES string of the molecule is CC(C)C1COc2ccc(F)c(Cl)c21. The molecule has 1 aliphatic heterocycles. The van der Waals surface area contributed by atoms with Gasteiger partial charge in [-0.15, -0.1) is 0 Å². The molecule has 3 heteroatoms. The van der Waals surface area contributed by atoms with Crippen LogP contribution in [0.2, 0.25) is 5.02 Å². The van der Waals surface area contributed by atoms with Crippen LogP contribution in [0.4, 0.5) is 4.39 Å². The number of hydrogen-bond acceptors (Lipinski definition) is 1. The van der Waals surface area contributed by atoms with Gasteiger partial charge in [0.25, 0.3) is 0 Å². The van der Waals surface area contributed by atoms with Crippen molar-refractivity contribution in [1.82, 2.24) is 0 Å². The van der Waals surface area contributed by atoms with Crippen LogP contribution in [0.25, 0.3) is 0 Å². The van der Waals surface area contributed by atoms with E-state index in [-0.39, 0.29) is 16.8 Å². The van der Waals surface area contributed by atoms with Crippen LogP contribution in [-0.4, -0.2) is 6.61 Å². The van der Waals surface area contributed by atoms with E-state index < -0.39 is 0 Å². The molecule has 2 rings (SSSR count). The van der Waals surface area contributed by atoms with Crippen molar-refractivity contribution in [3.63, 3.8) is 0 Å². The normalized spacial score (nSPS) is 19.6. The van der Waals surface area contributed by atoms with Crippen LogP contribution >= 0.6 is 11.6 Å². The first-order valence-corrected chi connectivity index (χ1v) is 5.09. The molecule has 1 aromatic rings. The first kappa shape index (κ1) is 9.78. The average molecular weight is 215 g/mol. The fourth-order valence-electron chi connectivity index (χ4n) is 1.81. The van der Waals surface area contributed by atoms with Crippen LogP contribution in [0, 0.1) is 11.7 Å². The Labute approximate surface area is 87.8 Å². The lowest BCUT2D eigenvalue weighted by atomic mass is 9.90. The molecule has 1 aromatic carbocycles. The fraction of sp³-hybridized carbons (Fsp3) is 0.455. The summed E-state index contributed by atoms with van der Waals surface area (Å²) in [6.07, 6.45) is 0. The van der Waals surface area contributed by atoms with Gasteiger partial charge in [0, 0.05) is 11.5 Å². The van der Waals surface area contributed by atoms with Gasteiger partial charge in [0.2, 0.25) is 0 Å². The summed E-state index contributed by atoms with van der Waals surface area (Å²) in [4.78, 5) is 0. The molecule has 0 bridgehead atoms. The summed E-state index contributed by atoms with van der Waals surface area (Å²) in [5.41, 5.74) is 0.835. The van der Waals surface area contributed by atoms with Crippen LogP contribution < -0.4 is 4.74 Å². The van der Waals surface area contributed by atoms with Crippen LogP contribution in [0.1, 0.15) is 25.3 Å². The molecule has 1 aliphatic rings. The van der Waals surface area contributed by atoms with Crippen molar-refractivity contribution in [1.29, 1.82) is 0 Å². The Balaban J connectivity index is 2.52. The first-order valence-electron chi connectivity index (χ1n) is 4.72. The number of benzene rings is 1. The minimum absolute atomic E-state index is 0.216. The second-order valence-corrected chi connectivity index (χ2v) is 4.31. The Morgan fingerprint density at radius 1 is 1.50 bits per heavy atom. The monoisotopic (exact) mass is 214 g/mol. The zero-order valence-corrected chi connectivity index (χ0v) is 8.94. The fourth-order valence-corrected chi connectivity index (χ4v) is 2.10. The Hall–Kier alpha value is -0.760. The lowest BCUT2D eigenvalue weighted by Crippen LogP contribution is -2.08. The van der Waals surface area contributed by atoms with E-state index in [1.54, 1.807) is 6.07 Å². The molecule has 0 amide bonds. The molecule has 1 unspecified atom stereocenters. The van der Waals surface area contributed by atoms with E-state index >= 15 is 0 Å². The minimum atomic E-state index is -0.360. The van der Waals surface area contributed by atoms with E-state index in [0.717, 1.165) is 11.3 Å². The van der Waals surface area contributed by atoms with E-state index in [0.29, 0.717) is 12.5 Å². The van der Waals surface area contributed by atoms with Gasteiger partial charge in [-0.2, -0.15) is 0 Å². The lowest BCUT2D eigenvalue weighted by Gasteiger charge is -2.13. The molecule has 14 heavy (non-hydrogen) atoms. The molecule has 0 spiro atoms. The van der Waals surface area contributed by atoms with Gasteiger partial charge >= 0.3 is 0 Å². The quantitative estimate of drug-likeness (QED) is 0.694. The van der Waals surface area contributed by atoms with E-state index in [4.69, 9.17) is 16.3 Å². The molecule has 0 saturated heterocycles. The van der Waals surface area contributed by atoms with Crippen LogP contribution in [0.15, 0.2) is 12.1 Å². The smallest absolute Gasteiger partial charge is 0.142 e. The summed E-state index contributed by atoms with van der Waals surface area (Å²) >= 11 is 5.92. The van der Waals surface area contributed by atoms with Crippen molar-refractivity contribution >= 4 is 11.6 Å². The predicted molar refractivity (Wildman–Crippen MR) is 54.5 cm³/mol. The first-order chi connectivity index (χ1) is 6.61. The number of rotatable bonds is 1. The van der Waals surface area contributed by atoms with E-state index in [1.165, 1.54) is 6.07 Å². The summed E-state index contributed by atoms with van der Waals surface area (Å²) in [7, 11) is 0. The Bertz CT molecular complexity index is 363. The van der Waals surface area contributed by atoms with Gasteiger partial charge in [-0.3, -0.25) is 0 Å². The van der Waals surface area contributed by atoms with E-state index in [9.17, 15) is 4.39 Å². The van der Waals surface area contributed by atoms with E-state index in [2.05, 4.69) is 13.8 Å². The topological polar surface area (TPSA) is 9.23 Å². The highest BCUT2D eigenvalue weighted by molar-refractivity contribution is 6.31. The summed E-state index contributed by atoms with van der Waals surface area (Å²) in [5.74, 6) is 1.00. The largest absolute Gasteiger partial charge is 0.493 e. The summed E-state index contributed by atoms with van der Waals surface area (Å²) in [6.45, 7) is 4.78. The molecule has 0 N–H and O–H groups in total. The van der Waals surface area contributed by atoms with Crippen molar-refractivity contribution < 1.29 is 9.13 Å². The summed E-state index contributed by atoms with van der Waals surface area (Å²) < 4.78 is 18.7. The molecule has 1 atom stereocenters. The molecule has 1 nitrogen and oxygen atoms in total. The van der Waals surface area contributed by atoms with Gasteiger partial charge in [-0.1, -0.05) is 25.4 Å². The second kappa shape index (κ2) is 3.43. The third-order valence-electron chi connectivity index (χ3n) is 2.69. The minimum Gasteiger partial charge on any atom is -0.493 e. The molecule has 0 aromatic heterocycles. The van der Waals surface area contributed by atoms with Gasteiger partial charge in [-0.05, 0) is 18.1 Å². The molecule has 0 radical (unpaired) electrons. The maximum absolute atomic E-state index is 13.2. The molecule has 0 fully saturated rings. The molecule has 1 heterocycles. The summed E-state index contributed by atoms with van der Waals surface area (Å²) in [6, 6.07) is 3.00. The van der Waals surface area contributed by atoms with Crippen LogP contribution in [0.3, 0.4) is 0 Å². The van der Waals surface area contributed by atoms with Gasteiger partial charge in [0.1, 0.15) is 11.6 Å². The Morgan fingerprint density at radius 3 is 2.86 bits per heavy atom. The summed E-state index contributed by atoms with van der Waals surface area (Å²) in [5, 5.41) is 0.221. The standard InChI is InChI=1S/C11H12ClFO/c1-6(2)7-5-14-9-4-3-8(13)11(12)10(7)9/h3-4,6-7H,5H2,1-2H3. The number of fused-ring (bicyclic) bond motifs is 1. The number of halogens is 2. The van der Waals surface area contributed by atoms with E-state index in [1.807, 2.05) is 0 Å². The molecule has 0 saturated carbocycles. The highest BCUT2D eigenvalue weighted by atomic mass is 35.5. The van der Waals surface area contributed by atoms with Crippen LogP contribution in [0.5, 0.6) is 5.75 Å². The maximum Gasteiger partial charge on any atom is 0.142 e. The van der Waals surface area contributed by atoms with Crippen molar-refractivity contribution in [3.05, 3.63) is 28.5 Å². The number of hydrogen-bond donors (Lipinski definition) is 0. The van der Waals surface area contributed by atoms with Crippen molar-refractivity contribution in [2.24, 2.45) is 5.92 Å². The lowest BCUT2D eigenvalue weighted by molar-refractivity contribution is 0.304. The zero-order valence-electron chi connectivity index (χ0n) is 8.18. The van der Waals surface area contributed by atoms with Gasteiger partial charge in [0.05, 0.1) is 11.6 Å². The third-order valence-corrected chi connectivity index (χ3v) is 3.07. The van der Waals surface area contributed by atoms with Crippen molar-refractivity contribution in [2.45, 2.75) is 19.8 Å². The van der Waals surface area contributed by atoms with Gasteiger partial charge in [0.15, 0.2) is 0 Å². The average Bonchev–Trinajstić information content (AvgIpc) is 2.55. The van der Waals surface area contributed by atoms with Crippen LogP contribution in [-0.2, 0) is 0 Å². The molecule has 76 valence electrons.